The molecular formula is C12H13N3O. The van der Waals surface area contributed by atoms with Crippen molar-refractivity contribution < 1.29 is 4.79 Å². The zero-order valence-electron chi connectivity index (χ0n) is 9.34. The first-order chi connectivity index (χ1) is 7.74. The molecule has 2 aromatic heterocycles. The zero-order valence-corrected chi connectivity index (χ0v) is 9.34. The lowest BCUT2D eigenvalue weighted by Gasteiger charge is -2.05. The summed E-state index contributed by atoms with van der Waals surface area (Å²) in [5.41, 5.74) is 2.36. The molecule has 0 spiro atoms. The first kappa shape index (κ1) is 10.5. The smallest absolute Gasteiger partial charge is 0.168 e. The van der Waals surface area contributed by atoms with Crippen LogP contribution < -0.4 is 0 Å². The van der Waals surface area contributed by atoms with E-state index in [1.807, 2.05) is 23.8 Å². The Labute approximate surface area is 94.0 Å². The molecule has 0 saturated heterocycles. The van der Waals surface area contributed by atoms with E-state index in [1.165, 1.54) is 0 Å². The van der Waals surface area contributed by atoms with E-state index in [9.17, 15) is 4.79 Å². The molecule has 0 aliphatic heterocycles. The molecule has 4 nitrogen and oxygen atoms in total. The van der Waals surface area contributed by atoms with Gasteiger partial charge >= 0.3 is 0 Å². The van der Waals surface area contributed by atoms with E-state index in [-0.39, 0.29) is 0 Å². The van der Waals surface area contributed by atoms with Gasteiger partial charge in [-0.05, 0) is 19.1 Å². The summed E-state index contributed by atoms with van der Waals surface area (Å²) in [4.78, 5) is 19.0. The number of carbonyl (C=O) groups excluding carboxylic acids is 1. The highest BCUT2D eigenvalue weighted by atomic mass is 16.1. The molecule has 0 saturated carbocycles. The van der Waals surface area contributed by atoms with Gasteiger partial charge in [-0.1, -0.05) is 6.92 Å². The predicted molar refractivity (Wildman–Crippen MR) is 60.9 cm³/mol. The van der Waals surface area contributed by atoms with Gasteiger partial charge in [0.15, 0.2) is 6.29 Å². The second-order valence-electron chi connectivity index (χ2n) is 3.58. The molecule has 0 aliphatic carbocycles. The fourth-order valence-corrected chi connectivity index (χ4v) is 1.63. The number of nitrogens with zero attached hydrogens (tertiary/aromatic N) is 3. The quantitative estimate of drug-likeness (QED) is 0.735. The summed E-state index contributed by atoms with van der Waals surface area (Å²) in [6, 6.07) is 3.58. The Morgan fingerprint density at radius 2 is 2.25 bits per heavy atom. The maximum absolute atomic E-state index is 10.5. The minimum Gasteiger partial charge on any atom is -0.302 e. The summed E-state index contributed by atoms with van der Waals surface area (Å²) in [6.07, 6.45) is 5.26. The Kier molecular flexibility index (Phi) is 2.81. The summed E-state index contributed by atoms with van der Waals surface area (Å²) in [7, 11) is 0. The van der Waals surface area contributed by atoms with Gasteiger partial charge in [-0.25, -0.2) is 4.98 Å². The van der Waals surface area contributed by atoms with Crippen LogP contribution in [0.5, 0.6) is 0 Å². The third-order valence-corrected chi connectivity index (χ3v) is 2.39. The van der Waals surface area contributed by atoms with Gasteiger partial charge < -0.3 is 4.57 Å². The molecule has 0 aliphatic rings. The average molecular weight is 215 g/mol. The van der Waals surface area contributed by atoms with Gasteiger partial charge in [-0.3, -0.25) is 9.78 Å². The highest BCUT2D eigenvalue weighted by molar-refractivity contribution is 5.71. The van der Waals surface area contributed by atoms with E-state index < -0.39 is 0 Å². The van der Waals surface area contributed by atoms with Crippen molar-refractivity contribution in [3.05, 3.63) is 41.7 Å². The van der Waals surface area contributed by atoms with Crippen LogP contribution >= 0.6 is 0 Å². The van der Waals surface area contributed by atoms with Crippen molar-refractivity contribution in [2.24, 2.45) is 0 Å². The number of hydrogen-bond donors (Lipinski definition) is 0. The van der Waals surface area contributed by atoms with Crippen molar-refractivity contribution in [1.29, 1.82) is 0 Å². The Morgan fingerprint density at radius 3 is 2.81 bits per heavy atom. The topological polar surface area (TPSA) is 47.8 Å². The van der Waals surface area contributed by atoms with E-state index in [0.29, 0.717) is 5.69 Å². The number of aromatic nitrogens is 3. The molecule has 0 radical (unpaired) electrons. The lowest BCUT2D eigenvalue weighted by atomic mass is 10.3. The van der Waals surface area contributed by atoms with E-state index >= 15 is 0 Å². The van der Waals surface area contributed by atoms with Crippen LogP contribution in [-0.2, 0) is 6.42 Å². The molecule has 0 amide bonds. The Hall–Kier alpha value is -1.97. The molecule has 0 N–H and O–H groups in total. The molecular weight excluding hydrogens is 202 g/mol. The van der Waals surface area contributed by atoms with Crippen LogP contribution in [0.25, 0.3) is 5.69 Å². The summed E-state index contributed by atoms with van der Waals surface area (Å²) >= 11 is 0. The van der Waals surface area contributed by atoms with E-state index in [2.05, 4.69) is 16.9 Å². The lowest BCUT2D eigenvalue weighted by molar-refractivity contribution is 0.111. The summed E-state index contributed by atoms with van der Waals surface area (Å²) in [6.45, 7) is 4.02. The highest BCUT2D eigenvalue weighted by Crippen LogP contribution is 2.12. The predicted octanol–water partition coefficient (Wildman–Crippen LogP) is 1.95. The number of rotatable bonds is 3. The summed E-state index contributed by atoms with van der Waals surface area (Å²) in [5, 5.41) is 0. The van der Waals surface area contributed by atoms with Gasteiger partial charge in [0, 0.05) is 12.6 Å². The van der Waals surface area contributed by atoms with Gasteiger partial charge in [0.1, 0.15) is 11.5 Å². The average Bonchev–Trinajstić information content (AvgIpc) is 2.70. The van der Waals surface area contributed by atoms with Crippen LogP contribution in [0.15, 0.2) is 24.5 Å². The van der Waals surface area contributed by atoms with Crippen molar-refractivity contribution in [3.8, 4) is 5.69 Å². The van der Waals surface area contributed by atoms with Crippen LogP contribution in [0, 0.1) is 6.92 Å². The minimum atomic E-state index is 0.443. The molecule has 4 heteroatoms. The first-order valence-electron chi connectivity index (χ1n) is 5.21. The van der Waals surface area contributed by atoms with Crippen molar-refractivity contribution >= 4 is 6.29 Å². The Balaban J connectivity index is 2.45. The molecule has 2 heterocycles. The SMILES string of the molecule is CCc1nc(C)cn1-c1ccc(C=O)nc1. The van der Waals surface area contributed by atoms with Crippen molar-refractivity contribution in [2.45, 2.75) is 20.3 Å². The normalized spacial score (nSPS) is 10.4. The molecule has 2 rings (SSSR count). The summed E-state index contributed by atoms with van der Waals surface area (Å²) in [5.74, 6) is 0.998. The number of imidazole rings is 1. The van der Waals surface area contributed by atoms with E-state index in [4.69, 9.17) is 0 Å². The van der Waals surface area contributed by atoms with Crippen LogP contribution in [0.3, 0.4) is 0 Å². The van der Waals surface area contributed by atoms with Crippen molar-refractivity contribution in [2.75, 3.05) is 0 Å². The largest absolute Gasteiger partial charge is 0.302 e. The fourth-order valence-electron chi connectivity index (χ4n) is 1.63. The number of pyridine rings is 1. The van der Waals surface area contributed by atoms with Crippen molar-refractivity contribution in [3.63, 3.8) is 0 Å². The maximum atomic E-state index is 10.5. The second-order valence-corrected chi connectivity index (χ2v) is 3.58. The van der Waals surface area contributed by atoms with E-state index in [0.717, 1.165) is 29.9 Å². The third-order valence-electron chi connectivity index (χ3n) is 2.39. The van der Waals surface area contributed by atoms with Crippen LogP contribution in [0.2, 0.25) is 0 Å². The van der Waals surface area contributed by atoms with Crippen LogP contribution in [0.4, 0.5) is 0 Å². The fraction of sp³-hybridized carbons (Fsp3) is 0.250. The zero-order chi connectivity index (χ0) is 11.5. The Morgan fingerprint density at radius 1 is 1.44 bits per heavy atom. The van der Waals surface area contributed by atoms with Crippen LogP contribution in [-0.4, -0.2) is 20.8 Å². The molecule has 0 aromatic carbocycles. The molecule has 0 unspecified atom stereocenters. The third kappa shape index (κ3) is 1.86. The molecule has 82 valence electrons. The monoisotopic (exact) mass is 215 g/mol. The maximum Gasteiger partial charge on any atom is 0.168 e. The highest BCUT2D eigenvalue weighted by Gasteiger charge is 2.05. The molecule has 2 aromatic rings. The second kappa shape index (κ2) is 4.26. The standard InChI is InChI=1S/C12H13N3O/c1-3-12-14-9(2)7-15(12)11-5-4-10(8-16)13-6-11/h4-8H,3H2,1-2H3. The van der Waals surface area contributed by atoms with Crippen LogP contribution in [0.1, 0.15) is 28.9 Å². The number of aldehydes is 1. The van der Waals surface area contributed by atoms with Gasteiger partial charge in [0.25, 0.3) is 0 Å². The first-order valence-corrected chi connectivity index (χ1v) is 5.21. The minimum absolute atomic E-state index is 0.443. The van der Waals surface area contributed by atoms with Crippen molar-refractivity contribution in [1.82, 2.24) is 14.5 Å². The van der Waals surface area contributed by atoms with Gasteiger partial charge in [-0.15, -0.1) is 0 Å². The van der Waals surface area contributed by atoms with Gasteiger partial charge in [0.2, 0.25) is 0 Å². The number of aryl methyl sites for hydroxylation is 2. The van der Waals surface area contributed by atoms with Gasteiger partial charge in [0.05, 0.1) is 17.6 Å². The molecule has 0 fully saturated rings. The summed E-state index contributed by atoms with van der Waals surface area (Å²) < 4.78 is 2.00. The lowest BCUT2D eigenvalue weighted by Crippen LogP contribution is -2.00. The molecule has 16 heavy (non-hydrogen) atoms. The number of hydrogen-bond acceptors (Lipinski definition) is 3. The van der Waals surface area contributed by atoms with Gasteiger partial charge in [-0.2, -0.15) is 0 Å². The number of carbonyl (C=O) groups is 1. The Bertz CT molecular complexity index is 499. The molecule has 0 atom stereocenters. The van der Waals surface area contributed by atoms with E-state index in [1.54, 1.807) is 12.3 Å². The molecule has 0 bridgehead atoms.